The van der Waals surface area contributed by atoms with Crippen LogP contribution in [0.4, 0.5) is 17.5 Å². The van der Waals surface area contributed by atoms with E-state index in [1.165, 1.54) is 18.8 Å². The van der Waals surface area contributed by atoms with E-state index in [9.17, 15) is 44.1 Å². The predicted octanol–water partition coefficient (Wildman–Crippen LogP) is 5.71. The lowest BCUT2D eigenvalue weighted by Gasteiger charge is -2.51. The van der Waals surface area contributed by atoms with E-state index < -0.39 is 42.5 Å². The first-order valence-electron chi connectivity index (χ1n) is 36.8. The number of ether oxygens (including phenoxy) is 3. The van der Waals surface area contributed by atoms with Crippen molar-refractivity contribution < 1.29 is 105 Å². The number of piperidine rings is 9. The van der Waals surface area contributed by atoms with E-state index in [1.807, 2.05) is 91.0 Å². The highest BCUT2D eigenvalue weighted by Gasteiger charge is 2.57. The van der Waals surface area contributed by atoms with Gasteiger partial charge in [0.2, 0.25) is 0 Å². The van der Waals surface area contributed by atoms with Crippen LogP contribution in [-0.2, 0) is 64.3 Å². The average Bonchev–Trinajstić information content (AvgIpc) is 1.09. The number of amides is 3. The van der Waals surface area contributed by atoms with Crippen molar-refractivity contribution in [1.82, 2.24) is 15.5 Å². The number of phosphoric acid groups is 1. The SMILES string of the molecule is O=C(C[N+]12CCC(CC1)[C@@H](OC(=O)[C@](O)(c1ccccc1)C1CCCC1)C2)Nc1ccon1.O=C(C[N+]12CCC(CC1)[C@@H](OC(=O)[C@](O)(c1ccccc1)C1CCCC1)C2)Nc1ccon1.O=C(C[N+]12CCC(CC1)[C@@H](OC(=O)[C@](O)(c1ccccc1)C1CCCC1)C2)Nc1ccon1.O=P([O-])([O-])[O-]. The molecule has 29 heteroatoms. The maximum absolute atomic E-state index is 13.6. The molecule has 0 unspecified atom stereocenters. The number of aromatic nitrogens is 3. The molecule has 6 bridgehead atoms. The molecule has 3 amide bonds. The van der Waals surface area contributed by atoms with Gasteiger partial charge in [0.25, 0.3) is 17.7 Å². The lowest BCUT2D eigenvalue weighted by Crippen LogP contribution is -2.66. The van der Waals surface area contributed by atoms with Crippen molar-refractivity contribution in [3.8, 4) is 0 Å². The Morgan fingerprint density at radius 2 is 0.635 bits per heavy atom. The minimum absolute atomic E-state index is 0.124. The second kappa shape index (κ2) is 32.8. The number of aliphatic hydroxyl groups is 3. The van der Waals surface area contributed by atoms with Crippen LogP contribution in [0, 0.1) is 35.5 Å². The second-order valence-electron chi connectivity index (χ2n) is 30.3. The third kappa shape index (κ3) is 17.7. The Bertz CT molecular complexity index is 3460. The van der Waals surface area contributed by atoms with Gasteiger partial charge < -0.3 is 91.7 Å². The molecule has 3 saturated carbocycles. The highest BCUT2D eigenvalue weighted by Crippen LogP contribution is 2.47. The number of carbonyl (C=O) groups is 6. The van der Waals surface area contributed by atoms with Crippen LogP contribution in [0.3, 0.4) is 0 Å². The van der Waals surface area contributed by atoms with Crippen molar-refractivity contribution in [1.29, 1.82) is 0 Å². The van der Waals surface area contributed by atoms with Crippen molar-refractivity contribution in [2.24, 2.45) is 35.5 Å². The summed E-state index contributed by atoms with van der Waals surface area (Å²) in [7, 11) is -5.39. The van der Waals surface area contributed by atoms with E-state index in [0.29, 0.717) is 86.9 Å². The fraction of sp³-hybridized carbons (Fsp3) is 0.560. The topological polar surface area (TPSA) is 391 Å². The minimum atomic E-state index is -5.39. The van der Waals surface area contributed by atoms with Crippen LogP contribution in [0.5, 0.6) is 0 Å². The van der Waals surface area contributed by atoms with Crippen LogP contribution in [-0.4, -0.2) is 177 Å². The zero-order chi connectivity index (χ0) is 73.2. The van der Waals surface area contributed by atoms with Gasteiger partial charge in [-0.25, -0.2) is 14.4 Å². The van der Waals surface area contributed by atoms with Crippen LogP contribution in [0.2, 0.25) is 0 Å². The monoisotopic (exact) mass is 1460 g/mol. The number of hydrogen-bond donors (Lipinski definition) is 6. The summed E-state index contributed by atoms with van der Waals surface area (Å²) < 4.78 is 43.0. The smallest absolute Gasteiger partial charge is 0.343 e. The summed E-state index contributed by atoms with van der Waals surface area (Å²) in [4.78, 5) is 104. The Kier molecular flexibility index (Phi) is 23.8. The molecule has 3 aromatic heterocycles. The minimum Gasteiger partial charge on any atom is -0.822 e. The van der Waals surface area contributed by atoms with Crippen molar-refractivity contribution >= 4 is 60.9 Å². The molecule has 0 spiro atoms. The summed E-state index contributed by atoms with van der Waals surface area (Å²) in [5.74, 6) is -0.363. The van der Waals surface area contributed by atoms with Crippen LogP contribution in [0.1, 0.15) is 132 Å². The molecule has 9 saturated heterocycles. The molecule has 3 aromatic carbocycles. The van der Waals surface area contributed by atoms with E-state index in [4.69, 9.17) is 47.0 Å². The molecule has 12 aliphatic rings. The first-order valence-corrected chi connectivity index (χ1v) is 38.3. The number of fused-ring (bicyclic) bond motifs is 9. The quantitative estimate of drug-likeness (QED) is 0.0218. The molecular weight excluding hydrogens is 1360 g/mol. The van der Waals surface area contributed by atoms with Gasteiger partial charge in [-0.15, -0.1) is 0 Å². The Labute approximate surface area is 603 Å². The number of anilines is 3. The number of benzene rings is 3. The Balaban J connectivity index is 0.000000142. The number of rotatable bonds is 21. The maximum atomic E-state index is 13.6. The molecule has 18 rings (SSSR count). The molecule has 6 atom stereocenters. The first-order chi connectivity index (χ1) is 50.0. The summed E-state index contributed by atoms with van der Waals surface area (Å²) in [6.45, 7) is 8.01. The van der Waals surface area contributed by atoms with Gasteiger partial charge in [-0.3, -0.25) is 14.4 Å². The largest absolute Gasteiger partial charge is 0.822 e. The van der Waals surface area contributed by atoms with Gasteiger partial charge >= 0.3 is 17.9 Å². The van der Waals surface area contributed by atoms with Gasteiger partial charge in [-0.05, 0) is 55.2 Å². The van der Waals surface area contributed by atoms with Crippen LogP contribution in [0.25, 0.3) is 0 Å². The lowest BCUT2D eigenvalue weighted by molar-refractivity contribution is -0.939. The molecule has 0 radical (unpaired) electrons. The zero-order valence-electron chi connectivity index (χ0n) is 58.5. The van der Waals surface area contributed by atoms with E-state index in [0.717, 1.165) is 155 Å². The number of quaternary nitrogens is 3. The van der Waals surface area contributed by atoms with Gasteiger partial charge in [0.1, 0.15) is 38.4 Å². The molecule has 6 N–H and O–H groups in total. The first kappa shape index (κ1) is 75.7. The van der Waals surface area contributed by atoms with Crippen molar-refractivity contribution in [2.45, 2.75) is 151 Å². The number of carbonyl (C=O) groups excluding carboxylic acids is 6. The summed E-state index contributed by atoms with van der Waals surface area (Å²) in [5.41, 5.74) is -3.05. The lowest BCUT2D eigenvalue weighted by atomic mass is 9.79. The Morgan fingerprint density at radius 3 is 0.846 bits per heavy atom. The number of hydrogen-bond acceptors (Lipinski definition) is 22. The van der Waals surface area contributed by atoms with E-state index in [-0.39, 0.29) is 71.5 Å². The number of esters is 3. The molecule has 12 heterocycles. The van der Waals surface area contributed by atoms with Crippen LogP contribution < -0.4 is 30.6 Å². The van der Waals surface area contributed by atoms with Gasteiger partial charge in [0.05, 0.1) is 39.3 Å². The van der Waals surface area contributed by atoms with E-state index in [2.05, 4.69) is 31.4 Å². The number of nitrogens with one attached hydrogen (secondary N) is 3. The molecule has 6 aromatic rings. The zero-order valence-corrected chi connectivity index (χ0v) is 59.4. The second-order valence-corrected chi connectivity index (χ2v) is 31.2. The maximum Gasteiger partial charge on any atom is 0.343 e. The molecule has 104 heavy (non-hydrogen) atoms. The molecule has 12 fully saturated rings. The highest BCUT2D eigenvalue weighted by molar-refractivity contribution is 7.40. The fourth-order valence-electron chi connectivity index (χ4n) is 18.4. The Morgan fingerprint density at radius 1 is 0.404 bits per heavy atom. The van der Waals surface area contributed by atoms with Gasteiger partial charge in [-0.1, -0.05) is 145 Å². The van der Waals surface area contributed by atoms with Crippen molar-refractivity contribution in [2.75, 3.05) is 94.5 Å². The van der Waals surface area contributed by atoms with E-state index in [1.54, 1.807) is 18.2 Å². The molecule has 3 aliphatic carbocycles. The van der Waals surface area contributed by atoms with Gasteiger partial charge in [-0.2, -0.15) is 7.82 Å². The fourth-order valence-corrected chi connectivity index (χ4v) is 18.4. The molecular formula is C75H96N9O19P. The number of nitrogens with zero attached hydrogens (tertiary/aromatic N) is 6. The summed E-state index contributed by atoms with van der Waals surface area (Å²) in [6, 6.07) is 32.5. The molecule has 560 valence electrons. The van der Waals surface area contributed by atoms with Crippen molar-refractivity contribution in [3.05, 3.63) is 145 Å². The van der Waals surface area contributed by atoms with Gasteiger partial charge in [0.15, 0.2) is 72.2 Å². The molecule has 9 aliphatic heterocycles. The van der Waals surface area contributed by atoms with Crippen LogP contribution in [0.15, 0.2) is 142 Å². The standard InChI is InChI=1S/3C25H31N3O5.H3O4P/c3*29-23(26-22-12-15-32-27-22)17-28-13-10-18(11-14-28)21(16-28)33-24(30)25(31,20-8-4-5-9-20)19-6-2-1-3-7-19;1-5(2,3)4/h3*1-3,6-7,12,15,18,20-21,31H,4-5,8-11,13-14,16-17H2;(H3,1,2,3,4)/t3*18?,21-,25-,28?;/m000./s1. The summed E-state index contributed by atoms with van der Waals surface area (Å²) in [6.07, 6.45) is 19.8. The predicted molar refractivity (Wildman–Crippen MR) is 367 cm³/mol. The highest BCUT2D eigenvalue weighted by atomic mass is 31.2. The van der Waals surface area contributed by atoms with Gasteiger partial charge in [0, 0.05) is 92.2 Å². The Hall–Kier alpha value is -8.02. The third-order valence-electron chi connectivity index (χ3n) is 23.9. The summed E-state index contributed by atoms with van der Waals surface area (Å²) >= 11 is 0. The normalized spacial score (nSPS) is 28.1. The van der Waals surface area contributed by atoms with Crippen molar-refractivity contribution in [3.63, 3.8) is 0 Å². The average molecular weight is 1460 g/mol. The van der Waals surface area contributed by atoms with E-state index >= 15 is 0 Å². The summed E-state index contributed by atoms with van der Waals surface area (Å²) in [5, 5.41) is 54.8. The van der Waals surface area contributed by atoms with Crippen LogP contribution >= 0.6 is 7.82 Å². The molecule has 28 nitrogen and oxygen atoms in total. The third-order valence-corrected chi connectivity index (χ3v) is 23.9.